The Morgan fingerprint density at radius 2 is 2.04 bits per heavy atom. The van der Waals surface area contributed by atoms with Crippen LogP contribution in [0.1, 0.15) is 22.6 Å². The van der Waals surface area contributed by atoms with Crippen molar-refractivity contribution < 1.29 is 14.7 Å². The van der Waals surface area contributed by atoms with Crippen LogP contribution in [-0.2, 0) is 11.8 Å². The van der Waals surface area contributed by atoms with Gasteiger partial charge in [0.1, 0.15) is 5.82 Å². The molecule has 2 aromatic rings. The fourth-order valence-corrected chi connectivity index (χ4v) is 2.99. The number of H-pyrrole nitrogens is 1. The molecule has 2 aromatic heterocycles. The summed E-state index contributed by atoms with van der Waals surface area (Å²) in [4.78, 5) is 43.0. The van der Waals surface area contributed by atoms with E-state index in [1.165, 1.54) is 12.4 Å². The van der Waals surface area contributed by atoms with Crippen LogP contribution in [0.15, 0.2) is 17.2 Å². The zero-order valence-electron chi connectivity index (χ0n) is 15.1. The molecular weight excluding hydrogens is 376 g/mol. The first-order chi connectivity index (χ1) is 12.9. The summed E-state index contributed by atoms with van der Waals surface area (Å²) in [5.74, 6) is 0.462. The Bertz CT molecular complexity index is 865. The highest BCUT2D eigenvalue weighted by Crippen LogP contribution is 2.21. The second-order valence-corrected chi connectivity index (χ2v) is 6.26. The molecule has 1 aliphatic heterocycles. The van der Waals surface area contributed by atoms with Crippen LogP contribution in [-0.4, -0.2) is 68.3 Å². The predicted octanol–water partition coefficient (Wildman–Crippen LogP) is 0.519. The average molecular weight is 397 g/mol. The summed E-state index contributed by atoms with van der Waals surface area (Å²) in [6, 6.07) is 1.47. The first kappa shape index (κ1) is 20.4. The first-order valence-corrected chi connectivity index (χ1v) is 8.62. The van der Waals surface area contributed by atoms with E-state index >= 15 is 0 Å². The fourth-order valence-electron chi connectivity index (χ4n) is 2.75. The van der Waals surface area contributed by atoms with E-state index in [9.17, 15) is 9.59 Å². The zero-order chi connectivity index (χ0) is 20.0. The summed E-state index contributed by atoms with van der Waals surface area (Å²) in [5.41, 5.74) is 0.872. The normalized spacial score (nSPS) is 14.2. The number of hydrogen-bond acceptors (Lipinski definition) is 6. The molecule has 1 aliphatic rings. The zero-order valence-corrected chi connectivity index (χ0v) is 15.8. The number of rotatable bonds is 2. The predicted molar refractivity (Wildman–Crippen MR) is 99.2 cm³/mol. The van der Waals surface area contributed by atoms with Crippen LogP contribution in [0.5, 0.6) is 0 Å². The van der Waals surface area contributed by atoms with Gasteiger partial charge in [-0.2, -0.15) is 5.10 Å². The highest BCUT2D eigenvalue weighted by molar-refractivity contribution is 6.34. The van der Waals surface area contributed by atoms with Gasteiger partial charge in [-0.05, 0) is 13.3 Å². The third-order valence-electron chi connectivity index (χ3n) is 4.23. The molecule has 0 saturated carbocycles. The van der Waals surface area contributed by atoms with Gasteiger partial charge >= 0.3 is 0 Å². The smallest absolute Gasteiger partial charge is 0.290 e. The number of carbonyl (C=O) groups is 2. The number of aryl methyl sites for hydroxylation is 1. The number of halogens is 1. The number of anilines is 1. The summed E-state index contributed by atoms with van der Waals surface area (Å²) in [7, 11) is 1.76. The Hall–Kier alpha value is -2.88. The van der Waals surface area contributed by atoms with Crippen molar-refractivity contribution in [2.45, 2.75) is 13.3 Å². The quantitative estimate of drug-likeness (QED) is 0.709. The van der Waals surface area contributed by atoms with Crippen molar-refractivity contribution in [3.63, 3.8) is 0 Å². The molecule has 10 nitrogen and oxygen atoms in total. The van der Waals surface area contributed by atoms with Gasteiger partial charge in [0.05, 0.1) is 17.0 Å². The molecule has 1 saturated heterocycles. The Kier molecular flexibility index (Phi) is 6.94. The van der Waals surface area contributed by atoms with Crippen molar-refractivity contribution in [1.82, 2.24) is 24.6 Å². The number of amides is 1. The lowest BCUT2D eigenvalue weighted by atomic mass is 10.3. The lowest BCUT2D eigenvalue weighted by Crippen LogP contribution is -2.36. The van der Waals surface area contributed by atoms with E-state index in [0.717, 1.165) is 18.7 Å². The summed E-state index contributed by atoms with van der Waals surface area (Å²) in [6.07, 6.45) is 2.17. The fraction of sp³-hybridized carbons (Fsp3) is 0.438. The molecule has 0 spiro atoms. The van der Waals surface area contributed by atoms with E-state index in [1.807, 2.05) is 11.8 Å². The minimum absolute atomic E-state index is 0.163. The van der Waals surface area contributed by atoms with Crippen LogP contribution in [0.2, 0.25) is 5.02 Å². The Morgan fingerprint density at radius 1 is 1.33 bits per heavy atom. The van der Waals surface area contributed by atoms with Crippen LogP contribution in [0.4, 0.5) is 5.82 Å². The van der Waals surface area contributed by atoms with Crippen LogP contribution in [0, 0.1) is 6.92 Å². The monoisotopic (exact) mass is 396 g/mol. The second-order valence-electron chi connectivity index (χ2n) is 5.88. The van der Waals surface area contributed by atoms with E-state index < -0.39 is 0 Å². The van der Waals surface area contributed by atoms with Crippen LogP contribution < -0.4 is 10.5 Å². The molecule has 0 atom stereocenters. The van der Waals surface area contributed by atoms with Crippen molar-refractivity contribution in [2.75, 3.05) is 31.1 Å². The van der Waals surface area contributed by atoms with Gasteiger partial charge in [-0.3, -0.25) is 19.1 Å². The molecule has 146 valence electrons. The molecule has 1 fully saturated rings. The summed E-state index contributed by atoms with van der Waals surface area (Å²) in [6.45, 7) is 4.06. The van der Waals surface area contributed by atoms with Crippen LogP contribution in [0.25, 0.3) is 0 Å². The van der Waals surface area contributed by atoms with E-state index in [2.05, 4.69) is 15.1 Å². The molecule has 3 rings (SSSR count). The van der Waals surface area contributed by atoms with E-state index in [4.69, 9.17) is 21.5 Å². The standard InChI is InChI=1S/C15H19ClN6O2.CH2O2/c1-10-13(16)14(19-20(10)2)15(24)22-5-3-4-21(6-7-22)11-8-12(23)18-9-17-11;2-1-3/h8-9H,3-7H2,1-2H3,(H,17,18,23);1H,(H,2,3). The largest absolute Gasteiger partial charge is 0.483 e. The highest BCUT2D eigenvalue weighted by atomic mass is 35.5. The van der Waals surface area contributed by atoms with E-state index in [1.54, 1.807) is 16.6 Å². The van der Waals surface area contributed by atoms with Gasteiger partial charge in [0.2, 0.25) is 0 Å². The number of hydrogen-bond donors (Lipinski definition) is 2. The molecule has 0 aromatic carbocycles. The second kappa shape index (κ2) is 9.17. The first-order valence-electron chi connectivity index (χ1n) is 8.25. The molecule has 0 bridgehead atoms. The van der Waals surface area contributed by atoms with Gasteiger partial charge in [-0.1, -0.05) is 11.6 Å². The van der Waals surface area contributed by atoms with E-state index in [0.29, 0.717) is 36.2 Å². The molecule has 1 amide bonds. The minimum Gasteiger partial charge on any atom is -0.483 e. The maximum absolute atomic E-state index is 12.7. The molecule has 3 heterocycles. The Balaban J connectivity index is 0.000000817. The van der Waals surface area contributed by atoms with Crippen LogP contribution in [0.3, 0.4) is 0 Å². The highest BCUT2D eigenvalue weighted by Gasteiger charge is 2.26. The Labute approximate surface area is 160 Å². The molecule has 0 aliphatic carbocycles. The molecule has 11 heteroatoms. The molecule has 2 N–H and O–H groups in total. The third kappa shape index (κ3) is 4.85. The van der Waals surface area contributed by atoms with Gasteiger partial charge < -0.3 is 19.9 Å². The van der Waals surface area contributed by atoms with Gasteiger partial charge in [0, 0.05) is 39.3 Å². The van der Waals surface area contributed by atoms with Crippen molar-refractivity contribution in [3.8, 4) is 0 Å². The Morgan fingerprint density at radius 3 is 2.63 bits per heavy atom. The number of carboxylic acid groups (broad SMARTS) is 1. The third-order valence-corrected chi connectivity index (χ3v) is 4.69. The number of aromatic nitrogens is 4. The minimum atomic E-state index is -0.250. The van der Waals surface area contributed by atoms with Gasteiger partial charge in [0.15, 0.2) is 5.69 Å². The summed E-state index contributed by atoms with van der Waals surface area (Å²) >= 11 is 6.22. The van der Waals surface area contributed by atoms with Crippen LogP contribution >= 0.6 is 11.6 Å². The molecule has 0 radical (unpaired) electrons. The van der Waals surface area contributed by atoms with Gasteiger partial charge in [0.25, 0.3) is 17.9 Å². The van der Waals surface area contributed by atoms with E-state index in [-0.39, 0.29) is 17.9 Å². The van der Waals surface area contributed by atoms with Crippen molar-refractivity contribution >= 4 is 29.8 Å². The number of carbonyl (C=O) groups excluding carboxylic acids is 1. The SMILES string of the molecule is Cc1c(Cl)c(C(=O)N2CCCN(c3cc(=O)[nH]cn3)CC2)nn1C.O=CO. The van der Waals surface area contributed by atoms with Gasteiger partial charge in [-0.15, -0.1) is 0 Å². The number of nitrogens with zero attached hydrogens (tertiary/aromatic N) is 5. The summed E-state index contributed by atoms with van der Waals surface area (Å²) < 4.78 is 1.61. The van der Waals surface area contributed by atoms with Crippen molar-refractivity contribution in [1.29, 1.82) is 0 Å². The lowest BCUT2D eigenvalue weighted by molar-refractivity contribution is -0.122. The summed E-state index contributed by atoms with van der Waals surface area (Å²) in [5, 5.41) is 11.5. The topological polar surface area (TPSA) is 124 Å². The number of nitrogens with one attached hydrogen (secondary N) is 1. The molecule has 0 unspecified atom stereocenters. The average Bonchev–Trinajstić information content (AvgIpc) is 2.84. The van der Waals surface area contributed by atoms with Crippen molar-refractivity contribution in [2.24, 2.45) is 7.05 Å². The van der Waals surface area contributed by atoms with Crippen molar-refractivity contribution in [3.05, 3.63) is 39.2 Å². The maximum atomic E-state index is 12.7. The van der Waals surface area contributed by atoms with Gasteiger partial charge in [-0.25, -0.2) is 4.98 Å². The molecular formula is C16H21ClN6O4. The molecule has 27 heavy (non-hydrogen) atoms. The maximum Gasteiger partial charge on any atom is 0.290 e. The number of aromatic amines is 1. The lowest BCUT2D eigenvalue weighted by Gasteiger charge is -2.22.